The van der Waals surface area contributed by atoms with Crippen LogP contribution >= 0.6 is 0 Å². The molecule has 1 atom stereocenters. The third-order valence-electron chi connectivity index (χ3n) is 1.65. The second-order valence-corrected chi connectivity index (χ2v) is 3.29. The van der Waals surface area contributed by atoms with Crippen LogP contribution in [0.2, 0.25) is 0 Å². The predicted molar refractivity (Wildman–Crippen MR) is 53.0 cm³/mol. The number of nitrogens with one attached hydrogen (secondary N) is 2. The molecule has 0 saturated carbocycles. The van der Waals surface area contributed by atoms with Crippen molar-refractivity contribution in [3.05, 3.63) is 0 Å². The van der Waals surface area contributed by atoms with Gasteiger partial charge in [-0.15, -0.1) is 0 Å². The number of alkyl halides is 3. The molecular formula is C9H17F3N2O2. The fraction of sp³-hybridized carbons (Fsp3) is 0.889. The summed E-state index contributed by atoms with van der Waals surface area (Å²) in [4.78, 5) is 11.0. The highest BCUT2D eigenvalue weighted by Crippen LogP contribution is 2.11. The summed E-state index contributed by atoms with van der Waals surface area (Å²) in [6.07, 6.45) is -4.43. The highest BCUT2D eigenvalue weighted by atomic mass is 19.4. The number of ether oxygens (including phenoxy) is 1. The summed E-state index contributed by atoms with van der Waals surface area (Å²) in [5.41, 5.74) is 0. The van der Waals surface area contributed by atoms with Gasteiger partial charge in [0.05, 0.1) is 19.2 Å². The van der Waals surface area contributed by atoms with Crippen molar-refractivity contribution >= 4 is 5.91 Å². The van der Waals surface area contributed by atoms with Crippen LogP contribution in [0.1, 0.15) is 13.8 Å². The summed E-state index contributed by atoms with van der Waals surface area (Å²) in [6.45, 7) is 2.90. The first-order chi connectivity index (χ1) is 7.35. The van der Waals surface area contributed by atoms with Gasteiger partial charge in [0.1, 0.15) is 0 Å². The number of carbonyl (C=O) groups is 1. The normalized spacial score (nSPS) is 13.6. The largest absolute Gasteiger partial charge is 0.401 e. The number of rotatable bonds is 7. The number of hydrogen-bond acceptors (Lipinski definition) is 3. The Morgan fingerprint density at radius 1 is 1.44 bits per heavy atom. The van der Waals surface area contributed by atoms with Crippen molar-refractivity contribution < 1.29 is 22.7 Å². The quantitative estimate of drug-likeness (QED) is 0.690. The van der Waals surface area contributed by atoms with Gasteiger partial charge in [-0.1, -0.05) is 0 Å². The minimum atomic E-state index is -4.29. The number of carbonyl (C=O) groups excluding carboxylic acids is 1. The molecule has 0 aromatic heterocycles. The molecule has 96 valence electrons. The van der Waals surface area contributed by atoms with E-state index in [1.165, 1.54) is 0 Å². The molecule has 0 radical (unpaired) electrons. The lowest BCUT2D eigenvalue weighted by molar-refractivity contribution is -0.128. The molecule has 0 saturated heterocycles. The van der Waals surface area contributed by atoms with Gasteiger partial charge in [-0.2, -0.15) is 13.2 Å². The van der Waals surface area contributed by atoms with Crippen LogP contribution in [0, 0.1) is 0 Å². The van der Waals surface area contributed by atoms with Gasteiger partial charge in [0.2, 0.25) is 5.91 Å². The minimum Gasteiger partial charge on any atom is -0.377 e. The van der Waals surface area contributed by atoms with E-state index in [2.05, 4.69) is 5.32 Å². The van der Waals surface area contributed by atoms with Crippen molar-refractivity contribution in [1.29, 1.82) is 0 Å². The van der Waals surface area contributed by atoms with E-state index in [0.29, 0.717) is 13.2 Å². The van der Waals surface area contributed by atoms with Crippen LogP contribution < -0.4 is 10.6 Å². The van der Waals surface area contributed by atoms with Crippen molar-refractivity contribution in [3.63, 3.8) is 0 Å². The SMILES string of the molecule is CCOC(C)CNC(=O)CNCC(F)(F)F. The molecule has 16 heavy (non-hydrogen) atoms. The molecule has 0 aromatic carbocycles. The molecular weight excluding hydrogens is 225 g/mol. The average Bonchev–Trinajstić information content (AvgIpc) is 2.13. The Labute approximate surface area is 92.5 Å². The summed E-state index contributed by atoms with van der Waals surface area (Å²) in [5, 5.41) is 4.46. The van der Waals surface area contributed by atoms with Crippen molar-refractivity contribution in [1.82, 2.24) is 10.6 Å². The van der Waals surface area contributed by atoms with Crippen LogP contribution in [0.3, 0.4) is 0 Å². The average molecular weight is 242 g/mol. The van der Waals surface area contributed by atoms with E-state index in [1.807, 2.05) is 12.2 Å². The lowest BCUT2D eigenvalue weighted by Gasteiger charge is -2.13. The van der Waals surface area contributed by atoms with Crippen molar-refractivity contribution in [2.24, 2.45) is 0 Å². The maximum atomic E-state index is 11.7. The monoisotopic (exact) mass is 242 g/mol. The molecule has 0 heterocycles. The Bertz CT molecular complexity index is 209. The van der Waals surface area contributed by atoms with E-state index in [9.17, 15) is 18.0 Å². The molecule has 0 aliphatic heterocycles. The summed E-state index contributed by atoms with van der Waals surface area (Å²) < 4.78 is 40.3. The Kier molecular flexibility index (Phi) is 7.07. The highest BCUT2D eigenvalue weighted by Gasteiger charge is 2.26. The van der Waals surface area contributed by atoms with Crippen molar-refractivity contribution in [2.45, 2.75) is 26.1 Å². The Morgan fingerprint density at radius 2 is 2.06 bits per heavy atom. The van der Waals surface area contributed by atoms with E-state index >= 15 is 0 Å². The van der Waals surface area contributed by atoms with Gasteiger partial charge in [0.25, 0.3) is 0 Å². The van der Waals surface area contributed by atoms with Crippen LogP contribution in [0.5, 0.6) is 0 Å². The standard InChI is InChI=1S/C9H17F3N2O2/c1-3-16-7(2)4-14-8(15)5-13-6-9(10,11)12/h7,13H,3-6H2,1-2H3,(H,14,15). The summed E-state index contributed by atoms with van der Waals surface area (Å²) in [7, 11) is 0. The maximum absolute atomic E-state index is 11.7. The van der Waals surface area contributed by atoms with Crippen molar-refractivity contribution in [2.75, 3.05) is 26.2 Å². The van der Waals surface area contributed by atoms with Crippen LogP contribution in [0.25, 0.3) is 0 Å². The first-order valence-corrected chi connectivity index (χ1v) is 5.01. The van der Waals surface area contributed by atoms with E-state index in [4.69, 9.17) is 4.74 Å². The van der Waals surface area contributed by atoms with Crippen LogP contribution in [-0.4, -0.2) is 44.4 Å². The van der Waals surface area contributed by atoms with Crippen molar-refractivity contribution in [3.8, 4) is 0 Å². The summed E-state index contributed by atoms with van der Waals surface area (Å²) in [6, 6.07) is 0. The second-order valence-electron chi connectivity index (χ2n) is 3.29. The zero-order valence-corrected chi connectivity index (χ0v) is 9.36. The van der Waals surface area contributed by atoms with Crippen LogP contribution in [0.15, 0.2) is 0 Å². The lowest BCUT2D eigenvalue weighted by Crippen LogP contribution is -2.40. The molecule has 0 aliphatic carbocycles. The van der Waals surface area contributed by atoms with E-state index in [1.54, 1.807) is 6.92 Å². The molecule has 2 N–H and O–H groups in total. The maximum Gasteiger partial charge on any atom is 0.401 e. The molecule has 4 nitrogen and oxygen atoms in total. The first kappa shape index (κ1) is 15.2. The zero-order valence-electron chi connectivity index (χ0n) is 9.36. The predicted octanol–water partition coefficient (Wildman–Crippen LogP) is 0.679. The van der Waals surface area contributed by atoms with Gasteiger partial charge in [-0.05, 0) is 13.8 Å². The van der Waals surface area contributed by atoms with Gasteiger partial charge >= 0.3 is 6.18 Å². The summed E-state index contributed by atoms with van der Waals surface area (Å²) in [5.74, 6) is -0.476. The fourth-order valence-electron chi connectivity index (χ4n) is 0.981. The van der Waals surface area contributed by atoms with E-state index in [-0.39, 0.29) is 12.6 Å². The Balaban J connectivity index is 3.52. The number of hydrogen-bond donors (Lipinski definition) is 2. The third kappa shape index (κ3) is 9.72. The minimum absolute atomic E-state index is 0.142. The van der Waals surface area contributed by atoms with Crippen LogP contribution in [0.4, 0.5) is 13.2 Å². The molecule has 1 amide bonds. The molecule has 0 bridgehead atoms. The second kappa shape index (κ2) is 7.45. The van der Waals surface area contributed by atoms with Crippen LogP contribution in [-0.2, 0) is 9.53 Å². The molecule has 1 unspecified atom stereocenters. The molecule has 0 fully saturated rings. The van der Waals surface area contributed by atoms with Gasteiger partial charge < -0.3 is 15.4 Å². The van der Waals surface area contributed by atoms with Gasteiger partial charge in [0.15, 0.2) is 0 Å². The van der Waals surface area contributed by atoms with E-state index < -0.39 is 18.6 Å². The summed E-state index contributed by atoms with van der Waals surface area (Å²) >= 11 is 0. The number of halogens is 3. The molecule has 0 rings (SSSR count). The molecule has 0 aromatic rings. The Morgan fingerprint density at radius 3 is 2.56 bits per heavy atom. The number of amides is 1. The topological polar surface area (TPSA) is 50.4 Å². The first-order valence-electron chi connectivity index (χ1n) is 5.01. The van der Waals surface area contributed by atoms with Gasteiger partial charge in [-0.3, -0.25) is 4.79 Å². The lowest BCUT2D eigenvalue weighted by atomic mass is 10.4. The van der Waals surface area contributed by atoms with Gasteiger partial charge in [0, 0.05) is 13.2 Å². The van der Waals surface area contributed by atoms with E-state index in [0.717, 1.165) is 0 Å². The third-order valence-corrected chi connectivity index (χ3v) is 1.65. The molecule has 0 spiro atoms. The molecule has 0 aliphatic rings. The van der Waals surface area contributed by atoms with Gasteiger partial charge in [-0.25, -0.2) is 0 Å². The fourth-order valence-corrected chi connectivity index (χ4v) is 0.981. The smallest absolute Gasteiger partial charge is 0.377 e. The Hall–Kier alpha value is -0.820. The molecule has 7 heteroatoms. The highest BCUT2D eigenvalue weighted by molar-refractivity contribution is 5.77. The zero-order chi connectivity index (χ0) is 12.6.